The minimum absolute atomic E-state index is 0.252. The molecule has 0 aromatic carbocycles. The molecule has 0 aliphatic heterocycles. The normalized spacial score (nSPS) is 15.1. The van der Waals surface area contributed by atoms with E-state index in [1.807, 2.05) is 13.8 Å². The summed E-state index contributed by atoms with van der Waals surface area (Å²) < 4.78 is 12.2. The van der Waals surface area contributed by atoms with Crippen LogP contribution in [0.2, 0.25) is 0 Å². The summed E-state index contributed by atoms with van der Waals surface area (Å²) >= 11 is 5.69. The number of rotatable bonds is 2. The highest BCUT2D eigenvalue weighted by Crippen LogP contribution is 2.15. The summed E-state index contributed by atoms with van der Waals surface area (Å²) in [6.07, 6.45) is 2.20. The van der Waals surface area contributed by atoms with Gasteiger partial charge in [0.15, 0.2) is 0 Å². The molecular formula is C8H12ClF. The fourth-order valence-corrected chi connectivity index (χ4v) is 0.751. The summed E-state index contributed by atoms with van der Waals surface area (Å²) in [4.78, 5) is 0. The van der Waals surface area contributed by atoms with Crippen LogP contribution in [0.3, 0.4) is 0 Å². The van der Waals surface area contributed by atoms with Crippen LogP contribution in [0.4, 0.5) is 4.39 Å². The molecule has 0 aromatic heterocycles. The summed E-state index contributed by atoms with van der Waals surface area (Å²) in [5.41, 5.74) is 1.01. The van der Waals surface area contributed by atoms with Crippen molar-refractivity contribution in [3.63, 3.8) is 0 Å². The van der Waals surface area contributed by atoms with Gasteiger partial charge in [-0.15, -0.1) is 0 Å². The molecule has 0 atom stereocenters. The third-order valence-corrected chi connectivity index (χ3v) is 1.70. The van der Waals surface area contributed by atoms with Crippen molar-refractivity contribution in [2.24, 2.45) is 0 Å². The van der Waals surface area contributed by atoms with Gasteiger partial charge in [0.05, 0.1) is 5.83 Å². The first-order chi connectivity index (χ1) is 4.57. The van der Waals surface area contributed by atoms with Crippen LogP contribution in [-0.4, -0.2) is 0 Å². The lowest BCUT2D eigenvalue weighted by Crippen LogP contribution is -1.75. The Morgan fingerprint density at radius 3 is 2.30 bits per heavy atom. The summed E-state index contributed by atoms with van der Waals surface area (Å²) in [7, 11) is 0. The first-order valence-corrected chi connectivity index (χ1v) is 3.64. The Kier molecular flexibility index (Phi) is 4.37. The standard InChI is InChI=1S/C8H12ClF/c1-4-6(2)8(9)5-7(3)10/h5H,4H2,1-3H3/b7-5+,8-6+. The Bertz CT molecular complexity index is 164. The average Bonchev–Trinajstić information content (AvgIpc) is 1.85. The molecule has 0 rings (SSSR count). The summed E-state index contributed by atoms with van der Waals surface area (Å²) in [5.74, 6) is -0.252. The molecule has 0 amide bonds. The molecule has 0 unspecified atom stereocenters. The van der Waals surface area contributed by atoms with Crippen LogP contribution in [0.5, 0.6) is 0 Å². The van der Waals surface area contributed by atoms with E-state index in [2.05, 4.69) is 0 Å². The highest BCUT2D eigenvalue weighted by molar-refractivity contribution is 6.31. The number of halogens is 2. The topological polar surface area (TPSA) is 0 Å². The molecule has 0 radical (unpaired) electrons. The van der Waals surface area contributed by atoms with Crippen molar-refractivity contribution >= 4 is 11.6 Å². The maximum absolute atomic E-state index is 12.2. The van der Waals surface area contributed by atoms with E-state index in [4.69, 9.17) is 11.6 Å². The third-order valence-electron chi connectivity index (χ3n) is 1.26. The molecule has 2 heteroatoms. The number of allylic oxidation sites excluding steroid dienone is 4. The van der Waals surface area contributed by atoms with Crippen molar-refractivity contribution in [2.45, 2.75) is 27.2 Å². The Morgan fingerprint density at radius 1 is 1.50 bits per heavy atom. The van der Waals surface area contributed by atoms with Gasteiger partial charge in [-0.1, -0.05) is 24.1 Å². The molecule has 0 heterocycles. The molecular weight excluding hydrogens is 151 g/mol. The summed E-state index contributed by atoms with van der Waals surface area (Å²) in [6, 6.07) is 0. The van der Waals surface area contributed by atoms with Gasteiger partial charge in [0, 0.05) is 5.03 Å². The molecule has 0 aromatic rings. The van der Waals surface area contributed by atoms with Gasteiger partial charge in [-0.2, -0.15) is 0 Å². The van der Waals surface area contributed by atoms with E-state index < -0.39 is 0 Å². The summed E-state index contributed by atoms with van der Waals surface area (Å²) in [6.45, 7) is 5.26. The smallest absolute Gasteiger partial charge is 0.0983 e. The molecule has 10 heavy (non-hydrogen) atoms. The van der Waals surface area contributed by atoms with Crippen molar-refractivity contribution < 1.29 is 4.39 Å². The lowest BCUT2D eigenvalue weighted by molar-refractivity contribution is 0.640. The lowest BCUT2D eigenvalue weighted by Gasteiger charge is -1.95. The van der Waals surface area contributed by atoms with Gasteiger partial charge in [-0.3, -0.25) is 0 Å². The van der Waals surface area contributed by atoms with E-state index in [-0.39, 0.29) is 5.83 Å². The first kappa shape index (κ1) is 9.70. The fraction of sp³-hybridized carbons (Fsp3) is 0.500. The van der Waals surface area contributed by atoms with Crippen LogP contribution in [0.1, 0.15) is 27.2 Å². The third kappa shape index (κ3) is 3.67. The van der Waals surface area contributed by atoms with E-state index in [0.717, 1.165) is 12.0 Å². The molecule has 0 saturated carbocycles. The zero-order valence-electron chi connectivity index (χ0n) is 6.54. The Balaban J connectivity index is 4.33. The minimum atomic E-state index is -0.252. The molecule has 0 saturated heterocycles. The van der Waals surface area contributed by atoms with Crippen LogP contribution in [-0.2, 0) is 0 Å². The largest absolute Gasteiger partial charge is 0.212 e. The minimum Gasteiger partial charge on any atom is -0.212 e. The second-order valence-electron chi connectivity index (χ2n) is 2.21. The first-order valence-electron chi connectivity index (χ1n) is 3.27. The molecule has 58 valence electrons. The van der Waals surface area contributed by atoms with Gasteiger partial charge >= 0.3 is 0 Å². The molecule has 0 N–H and O–H groups in total. The SMILES string of the molecule is CC/C(C)=C(Cl)\C=C(/C)F. The molecule has 0 aliphatic rings. The van der Waals surface area contributed by atoms with Gasteiger partial charge < -0.3 is 0 Å². The predicted octanol–water partition coefficient (Wildman–Crippen LogP) is 3.78. The molecule has 0 aliphatic carbocycles. The Morgan fingerprint density at radius 2 is 2.00 bits per heavy atom. The second-order valence-corrected chi connectivity index (χ2v) is 2.62. The highest BCUT2D eigenvalue weighted by Gasteiger charge is 1.93. The van der Waals surface area contributed by atoms with E-state index in [0.29, 0.717) is 5.03 Å². The van der Waals surface area contributed by atoms with Crippen molar-refractivity contribution in [3.05, 3.63) is 22.5 Å². The monoisotopic (exact) mass is 162 g/mol. The van der Waals surface area contributed by atoms with Crippen LogP contribution in [0, 0.1) is 0 Å². The van der Waals surface area contributed by atoms with Gasteiger partial charge in [0.1, 0.15) is 0 Å². The molecule has 0 bridgehead atoms. The van der Waals surface area contributed by atoms with Crippen LogP contribution in [0.15, 0.2) is 22.5 Å². The van der Waals surface area contributed by atoms with Gasteiger partial charge in [-0.25, -0.2) is 4.39 Å². The van der Waals surface area contributed by atoms with Crippen LogP contribution in [0.25, 0.3) is 0 Å². The van der Waals surface area contributed by atoms with Gasteiger partial charge in [0.2, 0.25) is 0 Å². The number of hydrogen-bond donors (Lipinski definition) is 0. The van der Waals surface area contributed by atoms with Crippen molar-refractivity contribution in [2.75, 3.05) is 0 Å². The zero-order valence-corrected chi connectivity index (χ0v) is 7.30. The lowest BCUT2D eigenvalue weighted by atomic mass is 10.2. The van der Waals surface area contributed by atoms with Crippen molar-refractivity contribution in [3.8, 4) is 0 Å². The average molecular weight is 163 g/mol. The van der Waals surface area contributed by atoms with Crippen LogP contribution < -0.4 is 0 Å². The van der Waals surface area contributed by atoms with Gasteiger partial charge in [0.25, 0.3) is 0 Å². The van der Waals surface area contributed by atoms with E-state index in [9.17, 15) is 4.39 Å². The highest BCUT2D eigenvalue weighted by atomic mass is 35.5. The Hall–Kier alpha value is -0.300. The molecule has 0 nitrogen and oxygen atoms in total. The van der Waals surface area contributed by atoms with Crippen LogP contribution >= 0.6 is 11.6 Å². The maximum Gasteiger partial charge on any atom is 0.0983 e. The number of hydrogen-bond acceptors (Lipinski definition) is 0. The maximum atomic E-state index is 12.2. The Labute approximate surface area is 66.4 Å². The van der Waals surface area contributed by atoms with E-state index in [1.54, 1.807) is 0 Å². The van der Waals surface area contributed by atoms with Crippen molar-refractivity contribution in [1.29, 1.82) is 0 Å². The molecule has 0 fully saturated rings. The van der Waals surface area contributed by atoms with Gasteiger partial charge in [-0.05, 0) is 26.3 Å². The summed E-state index contributed by atoms with van der Waals surface area (Å²) in [5, 5.41) is 0.516. The van der Waals surface area contributed by atoms with E-state index in [1.165, 1.54) is 13.0 Å². The second kappa shape index (κ2) is 4.51. The zero-order chi connectivity index (χ0) is 8.15. The van der Waals surface area contributed by atoms with E-state index >= 15 is 0 Å². The van der Waals surface area contributed by atoms with Crippen molar-refractivity contribution in [1.82, 2.24) is 0 Å². The quantitative estimate of drug-likeness (QED) is 0.542. The predicted molar refractivity (Wildman–Crippen MR) is 43.7 cm³/mol. The molecule has 0 spiro atoms. The fourth-order valence-electron chi connectivity index (χ4n) is 0.467.